The summed E-state index contributed by atoms with van der Waals surface area (Å²) in [6, 6.07) is -2.59. The number of carbonyl (C=O) groups is 5. The normalized spacial score (nSPS) is 21.6. The first-order chi connectivity index (χ1) is 19.3. The highest BCUT2D eigenvalue weighted by molar-refractivity contribution is 7.89. The smallest absolute Gasteiger partial charge is 0.315 e. The highest BCUT2D eigenvalue weighted by Crippen LogP contribution is 2.33. The number of likely N-dealkylation sites (tertiary alicyclic amines) is 1. The minimum Gasteiger partial charge on any atom is -0.363 e. The lowest BCUT2D eigenvalue weighted by molar-refractivity contribution is -0.142. The van der Waals surface area contributed by atoms with Gasteiger partial charge in [0, 0.05) is 20.1 Å². The van der Waals surface area contributed by atoms with Gasteiger partial charge in [-0.2, -0.15) is 0 Å². The van der Waals surface area contributed by atoms with Crippen molar-refractivity contribution in [3.63, 3.8) is 0 Å². The van der Waals surface area contributed by atoms with Crippen molar-refractivity contribution in [3.8, 4) is 0 Å². The third-order valence-electron chi connectivity index (χ3n) is 8.52. The number of Topliss-reactive ketones (excluding diaryl/α,β-unsaturated/α-hetero) is 1. The van der Waals surface area contributed by atoms with E-state index in [4.69, 9.17) is 5.73 Å². The SMILES string of the molecule is CCN(C)S(=O)(=O)CC1(NC(=O)N[C@H](C(=O)N2CC(C(C)C)C[C@H]2C(=O)NCC(=O)C(N)=O)C(C)(C)C)CCCCC1. The van der Waals surface area contributed by atoms with E-state index in [-0.39, 0.29) is 24.1 Å². The predicted molar refractivity (Wildman–Crippen MR) is 158 cm³/mol. The summed E-state index contributed by atoms with van der Waals surface area (Å²) in [6.45, 7) is 11.1. The van der Waals surface area contributed by atoms with Gasteiger partial charge in [0.1, 0.15) is 12.1 Å². The molecule has 14 heteroatoms. The molecule has 1 aliphatic carbocycles. The van der Waals surface area contributed by atoms with Crippen molar-refractivity contribution in [2.45, 2.75) is 97.7 Å². The number of urea groups is 1. The van der Waals surface area contributed by atoms with Crippen LogP contribution in [0.2, 0.25) is 0 Å². The summed E-state index contributed by atoms with van der Waals surface area (Å²) in [5.41, 5.74) is 3.26. The van der Waals surface area contributed by atoms with Crippen LogP contribution in [0.1, 0.15) is 80.1 Å². The van der Waals surface area contributed by atoms with Crippen molar-refractivity contribution >= 4 is 39.6 Å². The fraction of sp³-hybridized carbons (Fsp3) is 0.821. The van der Waals surface area contributed by atoms with Crippen LogP contribution in [0.5, 0.6) is 0 Å². The molecular formula is C28H50N6O7S. The van der Waals surface area contributed by atoms with E-state index >= 15 is 0 Å². The second-order valence-electron chi connectivity index (χ2n) is 13.2. The van der Waals surface area contributed by atoms with E-state index in [2.05, 4.69) is 16.0 Å². The monoisotopic (exact) mass is 614 g/mol. The average Bonchev–Trinajstić information content (AvgIpc) is 3.34. The minimum atomic E-state index is -3.63. The highest BCUT2D eigenvalue weighted by Gasteiger charge is 2.46. The van der Waals surface area contributed by atoms with Crippen molar-refractivity contribution in [2.75, 3.05) is 32.4 Å². The Morgan fingerprint density at radius 2 is 1.67 bits per heavy atom. The summed E-state index contributed by atoms with van der Waals surface area (Å²) in [5, 5.41) is 8.16. The lowest BCUT2D eigenvalue weighted by Gasteiger charge is -2.40. The fourth-order valence-electron chi connectivity index (χ4n) is 5.63. The Hall–Kier alpha value is -2.74. The van der Waals surface area contributed by atoms with Gasteiger partial charge < -0.3 is 26.6 Å². The number of rotatable bonds is 12. The molecule has 1 aliphatic heterocycles. The number of amides is 5. The quantitative estimate of drug-likeness (QED) is 0.233. The number of hydrogen-bond acceptors (Lipinski definition) is 7. The van der Waals surface area contributed by atoms with E-state index in [1.54, 1.807) is 27.7 Å². The number of hydrogen-bond donors (Lipinski definition) is 4. The Morgan fingerprint density at radius 1 is 1.07 bits per heavy atom. The largest absolute Gasteiger partial charge is 0.363 e. The Balaban J connectivity index is 2.29. The lowest BCUT2D eigenvalue weighted by atomic mass is 9.83. The van der Waals surface area contributed by atoms with Crippen molar-refractivity contribution in [1.82, 2.24) is 25.2 Å². The Bertz CT molecular complexity index is 1130. The summed E-state index contributed by atoms with van der Waals surface area (Å²) in [5.74, 6) is -3.23. The summed E-state index contributed by atoms with van der Waals surface area (Å²) >= 11 is 0. The first-order valence-electron chi connectivity index (χ1n) is 14.8. The van der Waals surface area contributed by atoms with Gasteiger partial charge in [-0.1, -0.05) is 60.8 Å². The van der Waals surface area contributed by atoms with E-state index in [0.717, 1.165) is 19.3 Å². The van der Waals surface area contributed by atoms with Gasteiger partial charge in [0.2, 0.25) is 27.6 Å². The van der Waals surface area contributed by atoms with Gasteiger partial charge in [0.15, 0.2) is 0 Å². The molecule has 3 atom stereocenters. The summed E-state index contributed by atoms with van der Waals surface area (Å²) < 4.78 is 27.3. The third kappa shape index (κ3) is 9.13. The van der Waals surface area contributed by atoms with Gasteiger partial charge in [-0.05, 0) is 36.5 Å². The molecule has 0 aromatic rings. The number of nitrogens with zero attached hydrogens (tertiary/aromatic N) is 2. The molecule has 1 saturated carbocycles. The molecule has 42 heavy (non-hydrogen) atoms. The number of sulfonamides is 1. The Kier molecular flexibility index (Phi) is 11.9. The van der Waals surface area contributed by atoms with Crippen LogP contribution in [-0.2, 0) is 29.2 Å². The van der Waals surface area contributed by atoms with Crippen molar-refractivity contribution in [3.05, 3.63) is 0 Å². The standard InChI is InChI=1S/C28H50N6O7S/c1-8-33(7)42(40,41)17-28(12-10-9-11-13-28)32-26(39)31-22(27(4,5)6)25(38)34-16-19(18(2)3)14-20(34)24(37)30-15-21(35)23(29)36/h18-20,22H,8-17H2,1-7H3,(H2,29,36)(H,30,37)(H2,31,32,39)/t19?,20-,22+/m0/s1. The van der Waals surface area contributed by atoms with Gasteiger partial charge in [-0.15, -0.1) is 0 Å². The second-order valence-corrected chi connectivity index (χ2v) is 15.2. The van der Waals surface area contributed by atoms with Crippen LogP contribution in [0.25, 0.3) is 0 Å². The molecule has 0 bridgehead atoms. The third-order valence-corrected chi connectivity index (χ3v) is 10.6. The van der Waals surface area contributed by atoms with Gasteiger partial charge in [-0.3, -0.25) is 19.2 Å². The summed E-state index contributed by atoms with van der Waals surface area (Å²) in [4.78, 5) is 64.9. The Labute approximate surface area is 250 Å². The second kappa shape index (κ2) is 14.2. The Morgan fingerprint density at radius 3 is 2.17 bits per heavy atom. The topological polar surface area (TPSA) is 188 Å². The highest BCUT2D eigenvalue weighted by atomic mass is 32.2. The van der Waals surface area contributed by atoms with Gasteiger partial charge in [0.25, 0.3) is 5.91 Å². The van der Waals surface area contributed by atoms with Gasteiger partial charge in [-0.25, -0.2) is 17.5 Å². The maximum atomic E-state index is 14.0. The van der Waals surface area contributed by atoms with Gasteiger partial charge >= 0.3 is 6.03 Å². The molecule has 1 heterocycles. The van der Waals surface area contributed by atoms with Crippen LogP contribution < -0.4 is 21.7 Å². The lowest BCUT2D eigenvalue weighted by Crippen LogP contribution is -2.63. The molecule has 13 nitrogen and oxygen atoms in total. The molecule has 2 aliphatic rings. The first kappa shape index (κ1) is 35.5. The summed E-state index contributed by atoms with van der Waals surface area (Å²) in [7, 11) is -2.12. The van der Waals surface area contributed by atoms with Crippen molar-refractivity contribution < 1.29 is 32.4 Å². The molecule has 1 unspecified atom stereocenters. The number of primary amides is 1. The van der Waals surface area contributed by atoms with Crippen LogP contribution in [0, 0.1) is 17.3 Å². The number of carbonyl (C=O) groups excluding carboxylic acids is 5. The zero-order chi connectivity index (χ0) is 32.0. The van der Waals surface area contributed by atoms with E-state index in [1.165, 1.54) is 16.3 Å². The van der Waals surface area contributed by atoms with Crippen LogP contribution in [-0.4, -0.2) is 97.2 Å². The average molecular weight is 615 g/mol. The molecule has 1 saturated heterocycles. The van der Waals surface area contributed by atoms with Crippen LogP contribution in [0.15, 0.2) is 0 Å². The maximum Gasteiger partial charge on any atom is 0.315 e. The maximum absolute atomic E-state index is 14.0. The molecule has 0 spiro atoms. The number of ketones is 1. The molecule has 0 aromatic carbocycles. The molecule has 2 rings (SSSR count). The van der Waals surface area contributed by atoms with E-state index in [9.17, 15) is 32.4 Å². The van der Waals surface area contributed by atoms with E-state index in [1.807, 2.05) is 13.8 Å². The molecular weight excluding hydrogens is 564 g/mol. The number of nitrogens with one attached hydrogen (secondary N) is 3. The van der Waals surface area contributed by atoms with Gasteiger partial charge in [0.05, 0.1) is 17.8 Å². The minimum absolute atomic E-state index is 0.00254. The zero-order valence-corrected chi connectivity index (χ0v) is 26.9. The molecule has 0 aromatic heterocycles. The van der Waals surface area contributed by atoms with Crippen LogP contribution in [0.4, 0.5) is 4.79 Å². The van der Waals surface area contributed by atoms with E-state index in [0.29, 0.717) is 25.8 Å². The summed E-state index contributed by atoms with van der Waals surface area (Å²) in [6.07, 6.45) is 3.84. The zero-order valence-electron chi connectivity index (χ0n) is 26.1. The van der Waals surface area contributed by atoms with E-state index < -0.39 is 69.1 Å². The first-order valence-corrected chi connectivity index (χ1v) is 16.4. The van der Waals surface area contributed by atoms with Crippen LogP contribution >= 0.6 is 0 Å². The molecule has 2 fully saturated rings. The molecule has 5 N–H and O–H groups in total. The van der Waals surface area contributed by atoms with Crippen molar-refractivity contribution in [1.29, 1.82) is 0 Å². The number of nitrogens with two attached hydrogens (primary N) is 1. The predicted octanol–water partition coefficient (Wildman–Crippen LogP) is 0.728. The fourth-order valence-corrected chi connectivity index (χ4v) is 7.30. The molecule has 240 valence electrons. The molecule has 5 amide bonds. The van der Waals surface area contributed by atoms with Crippen LogP contribution in [0.3, 0.4) is 0 Å². The van der Waals surface area contributed by atoms with Crippen molar-refractivity contribution in [2.24, 2.45) is 23.0 Å². The molecule has 0 radical (unpaired) electrons.